The van der Waals surface area contributed by atoms with E-state index in [4.69, 9.17) is 18.5 Å². The van der Waals surface area contributed by atoms with Crippen LogP contribution in [0.1, 0.15) is 309 Å². The van der Waals surface area contributed by atoms with Crippen LogP contribution in [0.15, 0.2) is 24.3 Å². The summed E-state index contributed by atoms with van der Waals surface area (Å²) in [4.78, 5) is 25.3. The van der Waals surface area contributed by atoms with Gasteiger partial charge in [0.1, 0.15) is 19.3 Å². The van der Waals surface area contributed by atoms with Gasteiger partial charge in [0.25, 0.3) is 7.82 Å². The fourth-order valence-corrected chi connectivity index (χ4v) is 9.96. The molecule has 0 aromatic heterocycles. The number of phosphoric acid groups is 1. The van der Waals surface area contributed by atoms with Gasteiger partial charge in [-0.15, -0.1) is 0 Å². The van der Waals surface area contributed by atoms with E-state index in [0.717, 1.165) is 38.5 Å². The number of allylic oxidation sites excluding steroid dienone is 4. The quantitative estimate of drug-likeness (QED) is 0.0197. The zero-order chi connectivity index (χ0) is 51.9. The molecule has 0 saturated heterocycles. The average molecular weight is 1020 g/mol. The minimum Gasteiger partial charge on any atom is -0.756 e. The largest absolute Gasteiger partial charge is 0.756 e. The molecule has 0 aromatic carbocycles. The first kappa shape index (κ1) is 70.0. The first-order valence-electron chi connectivity index (χ1n) is 31.1. The lowest BCUT2D eigenvalue weighted by atomic mass is 10.0. The summed E-state index contributed by atoms with van der Waals surface area (Å²) in [6.45, 7) is 5.48. The molecule has 0 aromatic rings. The Bertz CT molecular complexity index is 1190. The van der Waals surface area contributed by atoms with Crippen LogP contribution in [-0.2, 0) is 27.9 Å². The zero-order valence-corrected chi connectivity index (χ0v) is 49.1. The summed E-state index contributed by atoms with van der Waals surface area (Å²) in [7, 11) is 1.37. The van der Waals surface area contributed by atoms with Gasteiger partial charge in [-0.25, -0.2) is 0 Å². The number of hydrogen-bond donors (Lipinski definition) is 0. The van der Waals surface area contributed by atoms with Crippen LogP contribution in [0.3, 0.4) is 0 Å². The number of unbranched alkanes of at least 4 members (excludes halogenated alkanes) is 41. The van der Waals surface area contributed by atoms with Gasteiger partial charge in [-0.3, -0.25) is 9.36 Å². The summed E-state index contributed by atoms with van der Waals surface area (Å²) in [5.74, 6) is -0.326. The Kier molecular flexibility index (Phi) is 54.4. The van der Waals surface area contributed by atoms with Crippen molar-refractivity contribution in [3.63, 3.8) is 0 Å². The van der Waals surface area contributed by atoms with Gasteiger partial charge in [0.2, 0.25) is 0 Å². The Morgan fingerprint density at radius 2 is 0.775 bits per heavy atom. The molecule has 0 heterocycles. The lowest BCUT2D eigenvalue weighted by molar-refractivity contribution is -0.870. The summed E-state index contributed by atoms with van der Waals surface area (Å²) in [6, 6.07) is 0. The van der Waals surface area contributed by atoms with E-state index in [1.807, 2.05) is 21.1 Å². The second-order valence-corrected chi connectivity index (χ2v) is 23.8. The summed E-state index contributed by atoms with van der Waals surface area (Å²) in [5, 5.41) is 0. The summed E-state index contributed by atoms with van der Waals surface area (Å²) >= 11 is 0. The van der Waals surface area contributed by atoms with Gasteiger partial charge < -0.3 is 27.9 Å². The summed E-state index contributed by atoms with van der Waals surface area (Å²) < 4.78 is 34.9. The van der Waals surface area contributed by atoms with Crippen LogP contribution < -0.4 is 4.89 Å². The van der Waals surface area contributed by atoms with Crippen LogP contribution in [0.5, 0.6) is 0 Å². The van der Waals surface area contributed by atoms with Crippen molar-refractivity contribution in [2.24, 2.45) is 0 Å². The zero-order valence-electron chi connectivity index (χ0n) is 48.2. The minimum atomic E-state index is -4.53. The van der Waals surface area contributed by atoms with Gasteiger partial charge in [-0.05, 0) is 44.9 Å². The number of nitrogens with zero attached hydrogens (tertiary/aromatic N) is 1. The van der Waals surface area contributed by atoms with E-state index in [0.29, 0.717) is 24.1 Å². The smallest absolute Gasteiger partial charge is 0.306 e. The summed E-state index contributed by atoms with van der Waals surface area (Å²) in [5.41, 5.74) is 0. The van der Waals surface area contributed by atoms with E-state index in [2.05, 4.69) is 38.2 Å². The third-order valence-corrected chi connectivity index (χ3v) is 15.0. The van der Waals surface area contributed by atoms with Crippen LogP contribution in [0.25, 0.3) is 0 Å². The highest BCUT2D eigenvalue weighted by atomic mass is 31.2. The molecule has 0 fully saturated rings. The molecule has 0 aliphatic rings. The molecule has 2 atom stereocenters. The SMILES string of the molecule is CCCCCCC/C=C\C/C=C\CCCCCCCCCCCCCCOCC(COP(=O)([O-])OCC[N+](C)(C)C)OC(=O)CCCCCCCCCCCCCCCCCCCCCCCCCCC. The van der Waals surface area contributed by atoms with Crippen LogP contribution >= 0.6 is 7.82 Å². The second kappa shape index (κ2) is 55.2. The van der Waals surface area contributed by atoms with E-state index in [1.165, 1.54) is 250 Å². The molecule has 0 radical (unpaired) electrons. The number of hydrogen-bond acceptors (Lipinski definition) is 7. The number of rotatable bonds is 59. The highest BCUT2D eigenvalue weighted by Crippen LogP contribution is 2.38. The number of esters is 1. The Labute approximate surface area is 443 Å². The Morgan fingerprint density at radius 3 is 1.14 bits per heavy atom. The van der Waals surface area contributed by atoms with Crippen molar-refractivity contribution in [2.45, 2.75) is 315 Å². The Hall–Kier alpha value is -1.02. The van der Waals surface area contributed by atoms with Gasteiger partial charge >= 0.3 is 5.97 Å². The van der Waals surface area contributed by atoms with Crippen molar-refractivity contribution in [3.05, 3.63) is 24.3 Å². The number of quaternary nitrogens is 1. The molecule has 0 bridgehead atoms. The van der Waals surface area contributed by atoms with E-state index >= 15 is 0 Å². The van der Waals surface area contributed by atoms with Crippen LogP contribution in [0, 0.1) is 0 Å². The molecule has 8 nitrogen and oxygen atoms in total. The van der Waals surface area contributed by atoms with Crippen molar-refractivity contribution < 1.29 is 37.3 Å². The van der Waals surface area contributed by atoms with Gasteiger partial charge in [-0.2, -0.15) is 0 Å². The molecule has 422 valence electrons. The lowest BCUT2D eigenvalue weighted by Crippen LogP contribution is -2.37. The van der Waals surface area contributed by atoms with Crippen molar-refractivity contribution in [1.29, 1.82) is 0 Å². The van der Waals surface area contributed by atoms with E-state index in [9.17, 15) is 14.3 Å². The number of phosphoric ester groups is 1. The monoisotopic (exact) mass is 1020 g/mol. The Balaban J connectivity index is 3.99. The first-order chi connectivity index (χ1) is 34.6. The number of likely N-dealkylation sites (N-methyl/N-ethyl adjacent to an activating group) is 1. The van der Waals surface area contributed by atoms with Crippen LogP contribution in [0.2, 0.25) is 0 Å². The highest BCUT2D eigenvalue weighted by molar-refractivity contribution is 7.45. The topological polar surface area (TPSA) is 94.1 Å². The fraction of sp³-hybridized carbons (Fsp3) is 0.919. The lowest BCUT2D eigenvalue weighted by Gasteiger charge is -2.28. The van der Waals surface area contributed by atoms with Gasteiger partial charge in [-0.1, -0.05) is 282 Å². The predicted molar refractivity (Wildman–Crippen MR) is 305 cm³/mol. The average Bonchev–Trinajstić information content (AvgIpc) is 3.33. The third-order valence-electron chi connectivity index (χ3n) is 14.0. The molecule has 71 heavy (non-hydrogen) atoms. The maximum absolute atomic E-state index is 12.8. The van der Waals surface area contributed by atoms with Crippen LogP contribution in [0.4, 0.5) is 0 Å². The van der Waals surface area contributed by atoms with Crippen molar-refractivity contribution in [2.75, 3.05) is 54.1 Å². The van der Waals surface area contributed by atoms with Gasteiger partial charge in [0.15, 0.2) is 0 Å². The molecule has 0 aliphatic heterocycles. The number of carbonyl (C=O) groups is 1. The predicted octanol–water partition coefficient (Wildman–Crippen LogP) is 19.2. The molecule has 0 N–H and O–H groups in total. The second-order valence-electron chi connectivity index (χ2n) is 22.4. The van der Waals surface area contributed by atoms with Crippen molar-refractivity contribution >= 4 is 13.8 Å². The molecule has 0 aliphatic carbocycles. The number of ether oxygens (including phenoxy) is 2. The van der Waals surface area contributed by atoms with E-state index in [1.54, 1.807) is 0 Å². The highest BCUT2D eigenvalue weighted by Gasteiger charge is 2.20. The van der Waals surface area contributed by atoms with Crippen molar-refractivity contribution in [3.8, 4) is 0 Å². The minimum absolute atomic E-state index is 0.0289. The molecule has 0 rings (SSSR count). The first-order valence-corrected chi connectivity index (χ1v) is 32.5. The van der Waals surface area contributed by atoms with E-state index < -0.39 is 13.9 Å². The molecular formula is C62H122NO7P. The molecule has 9 heteroatoms. The molecular weight excluding hydrogens is 902 g/mol. The number of carbonyl (C=O) groups excluding carboxylic acids is 1. The van der Waals surface area contributed by atoms with Crippen molar-refractivity contribution in [1.82, 2.24) is 0 Å². The summed E-state index contributed by atoms with van der Waals surface area (Å²) in [6.07, 6.45) is 68.0. The molecule has 0 spiro atoms. The van der Waals surface area contributed by atoms with Gasteiger partial charge in [0.05, 0.1) is 34.4 Å². The fourth-order valence-electron chi connectivity index (χ4n) is 9.23. The standard InChI is InChI=1S/C62H122NO7P/c1-6-8-10-12-14-16-18-20-22-24-26-28-30-32-33-35-37-39-41-43-45-47-49-51-53-55-62(64)70-61(60-69-71(65,66)68-58-56-63(3,4)5)59-67-57-54-52-50-48-46-44-42-40-38-36-34-31-29-27-25-23-21-19-17-15-13-11-9-7-2/h19,21,25,27,61H,6-18,20,22-24,26,28-60H2,1-5H3/b21-19-,27-25-. The van der Waals surface area contributed by atoms with Crippen LogP contribution in [-0.4, -0.2) is 70.7 Å². The Morgan fingerprint density at radius 1 is 0.437 bits per heavy atom. The van der Waals surface area contributed by atoms with E-state index in [-0.39, 0.29) is 25.8 Å². The maximum Gasteiger partial charge on any atom is 0.306 e. The molecule has 0 saturated carbocycles. The van der Waals surface area contributed by atoms with Gasteiger partial charge in [0, 0.05) is 13.0 Å². The molecule has 2 unspecified atom stereocenters. The normalized spacial score (nSPS) is 13.5. The maximum atomic E-state index is 12.8. The molecule has 0 amide bonds. The third kappa shape index (κ3) is 59.7.